The molecule has 2 rings (SSSR count). The average molecular weight is 329 g/mol. The Morgan fingerprint density at radius 1 is 1.36 bits per heavy atom. The Bertz CT molecular complexity index is 475. The molecule has 1 unspecified atom stereocenters. The Hall–Kier alpha value is -1.50. The van der Waals surface area contributed by atoms with Crippen LogP contribution in [0.4, 0.5) is 4.79 Å². The van der Waals surface area contributed by atoms with Crippen LogP contribution in [0.1, 0.15) is 12.8 Å². The van der Waals surface area contributed by atoms with Gasteiger partial charge in [-0.05, 0) is 37.1 Å². The normalized spacial score (nSPS) is 17.9. The number of aliphatic hydroxyl groups is 1. The first kappa shape index (κ1) is 16.9. The molecule has 1 aromatic carbocycles. The molecule has 1 aliphatic heterocycles. The lowest BCUT2D eigenvalue weighted by Gasteiger charge is -2.32. The summed E-state index contributed by atoms with van der Waals surface area (Å²) in [7, 11) is 0. The molecule has 1 fully saturated rings. The van der Waals surface area contributed by atoms with E-state index in [4.69, 9.17) is 26.8 Å². The molecule has 3 N–H and O–H groups in total. The predicted octanol–water partition coefficient (Wildman–Crippen LogP) is 1.64. The third-order valence-electron chi connectivity index (χ3n) is 3.54. The molecule has 1 atom stereocenters. The number of benzene rings is 1. The van der Waals surface area contributed by atoms with Gasteiger partial charge in [0.1, 0.15) is 24.6 Å². The highest BCUT2D eigenvalue weighted by Crippen LogP contribution is 2.16. The van der Waals surface area contributed by atoms with Gasteiger partial charge in [0, 0.05) is 24.7 Å². The van der Waals surface area contributed by atoms with Crippen molar-refractivity contribution in [2.45, 2.75) is 25.0 Å². The van der Waals surface area contributed by atoms with E-state index < -0.39 is 12.2 Å². The van der Waals surface area contributed by atoms with Gasteiger partial charge in [-0.3, -0.25) is 0 Å². The fourth-order valence-electron chi connectivity index (χ4n) is 2.45. The fraction of sp³-hybridized carbons (Fsp3) is 0.533. The molecule has 1 saturated heterocycles. The second kappa shape index (κ2) is 8.22. The minimum atomic E-state index is -0.727. The van der Waals surface area contributed by atoms with E-state index in [0.717, 1.165) is 25.9 Å². The number of carbonyl (C=O) groups excluding carboxylic acids is 1. The monoisotopic (exact) mass is 328 g/mol. The lowest BCUT2D eigenvalue weighted by Crippen LogP contribution is -2.43. The van der Waals surface area contributed by atoms with Crippen LogP contribution in [0, 0.1) is 0 Å². The number of hydrogen-bond donors (Lipinski definition) is 2. The number of likely N-dealkylation sites (tertiary alicyclic amines) is 1. The SMILES string of the molecule is NC(=O)OC1CCN(CC(O)COc2ccc(Cl)cc2)CC1. The third-order valence-corrected chi connectivity index (χ3v) is 3.79. The van der Waals surface area contributed by atoms with Crippen LogP contribution in [0.2, 0.25) is 5.02 Å². The van der Waals surface area contributed by atoms with Gasteiger partial charge in [-0.25, -0.2) is 4.79 Å². The van der Waals surface area contributed by atoms with Crippen LogP contribution in [0.15, 0.2) is 24.3 Å². The highest BCUT2D eigenvalue weighted by atomic mass is 35.5. The molecular weight excluding hydrogens is 308 g/mol. The van der Waals surface area contributed by atoms with E-state index in [1.807, 2.05) is 0 Å². The van der Waals surface area contributed by atoms with Crippen molar-refractivity contribution in [2.24, 2.45) is 5.73 Å². The largest absolute Gasteiger partial charge is 0.491 e. The summed E-state index contributed by atoms with van der Waals surface area (Å²) in [6.45, 7) is 2.27. The van der Waals surface area contributed by atoms with Crippen molar-refractivity contribution in [3.63, 3.8) is 0 Å². The molecule has 0 aliphatic carbocycles. The fourth-order valence-corrected chi connectivity index (χ4v) is 2.57. The Kier molecular flexibility index (Phi) is 6.30. The number of piperidine rings is 1. The summed E-state index contributed by atoms with van der Waals surface area (Å²) in [6.07, 6.45) is 0.0387. The lowest BCUT2D eigenvalue weighted by atomic mass is 10.1. The highest BCUT2D eigenvalue weighted by molar-refractivity contribution is 6.30. The van der Waals surface area contributed by atoms with E-state index in [0.29, 0.717) is 17.3 Å². The molecule has 22 heavy (non-hydrogen) atoms. The van der Waals surface area contributed by atoms with Crippen molar-refractivity contribution < 1.29 is 19.4 Å². The molecule has 1 aliphatic rings. The Balaban J connectivity index is 1.66. The average Bonchev–Trinajstić information content (AvgIpc) is 2.48. The number of aliphatic hydroxyl groups excluding tert-OH is 1. The number of amides is 1. The van der Waals surface area contributed by atoms with Crippen molar-refractivity contribution in [2.75, 3.05) is 26.2 Å². The van der Waals surface area contributed by atoms with Crippen molar-refractivity contribution in [3.8, 4) is 5.75 Å². The molecular formula is C15H21ClN2O4. The predicted molar refractivity (Wildman–Crippen MR) is 83.1 cm³/mol. The maximum atomic E-state index is 10.7. The van der Waals surface area contributed by atoms with E-state index in [9.17, 15) is 9.90 Å². The molecule has 0 radical (unpaired) electrons. The summed E-state index contributed by atoms with van der Waals surface area (Å²) in [5.41, 5.74) is 5.00. The molecule has 0 saturated carbocycles. The third kappa shape index (κ3) is 5.71. The van der Waals surface area contributed by atoms with Crippen LogP contribution in [0.5, 0.6) is 5.75 Å². The first-order valence-corrected chi connectivity index (χ1v) is 7.65. The molecule has 122 valence electrons. The Morgan fingerprint density at radius 3 is 2.59 bits per heavy atom. The number of carbonyl (C=O) groups is 1. The molecule has 0 aromatic heterocycles. The number of halogens is 1. The topological polar surface area (TPSA) is 85.0 Å². The number of nitrogens with zero attached hydrogens (tertiary/aromatic N) is 1. The quantitative estimate of drug-likeness (QED) is 0.829. The van der Waals surface area contributed by atoms with Crippen LogP contribution < -0.4 is 10.5 Å². The summed E-state index contributed by atoms with van der Waals surface area (Å²) in [5.74, 6) is 0.678. The molecule has 7 heteroatoms. The summed E-state index contributed by atoms with van der Waals surface area (Å²) < 4.78 is 10.5. The first-order chi connectivity index (χ1) is 10.5. The zero-order valence-corrected chi connectivity index (χ0v) is 13.0. The number of β-amino-alcohol motifs (C(OH)–C–C–N with tert-alkyl or cyclic N) is 1. The second-order valence-electron chi connectivity index (χ2n) is 5.36. The molecule has 6 nitrogen and oxygen atoms in total. The van der Waals surface area contributed by atoms with Crippen molar-refractivity contribution in [1.29, 1.82) is 0 Å². The van der Waals surface area contributed by atoms with E-state index in [-0.39, 0.29) is 12.7 Å². The van der Waals surface area contributed by atoms with Crippen molar-refractivity contribution in [3.05, 3.63) is 29.3 Å². The number of rotatable bonds is 6. The first-order valence-electron chi connectivity index (χ1n) is 7.28. The van der Waals surface area contributed by atoms with Crippen LogP contribution in [-0.2, 0) is 4.74 Å². The smallest absolute Gasteiger partial charge is 0.404 e. The zero-order valence-electron chi connectivity index (χ0n) is 12.3. The molecule has 1 aromatic rings. The van der Waals surface area contributed by atoms with Gasteiger partial charge in [0.15, 0.2) is 0 Å². The van der Waals surface area contributed by atoms with E-state index in [1.165, 1.54) is 0 Å². The zero-order chi connectivity index (χ0) is 15.9. The van der Waals surface area contributed by atoms with Crippen LogP contribution >= 0.6 is 11.6 Å². The number of nitrogens with two attached hydrogens (primary N) is 1. The van der Waals surface area contributed by atoms with E-state index in [1.54, 1.807) is 24.3 Å². The molecule has 1 heterocycles. The molecule has 0 spiro atoms. The summed E-state index contributed by atoms with van der Waals surface area (Å²) in [4.78, 5) is 12.8. The van der Waals surface area contributed by atoms with Gasteiger partial charge in [0.2, 0.25) is 0 Å². The lowest BCUT2D eigenvalue weighted by molar-refractivity contribution is 0.0256. The Labute approximate surface area is 134 Å². The minimum Gasteiger partial charge on any atom is -0.491 e. The van der Waals surface area contributed by atoms with Gasteiger partial charge in [-0.15, -0.1) is 0 Å². The van der Waals surface area contributed by atoms with Gasteiger partial charge in [-0.1, -0.05) is 11.6 Å². The molecule has 0 bridgehead atoms. The minimum absolute atomic E-state index is 0.115. The maximum absolute atomic E-state index is 10.7. The van der Waals surface area contributed by atoms with Gasteiger partial charge in [0.25, 0.3) is 0 Å². The van der Waals surface area contributed by atoms with Crippen LogP contribution in [0.25, 0.3) is 0 Å². The van der Waals surface area contributed by atoms with E-state index in [2.05, 4.69) is 4.90 Å². The summed E-state index contributed by atoms with van der Waals surface area (Å²) >= 11 is 5.80. The second-order valence-corrected chi connectivity index (χ2v) is 5.79. The molecule has 1 amide bonds. The van der Waals surface area contributed by atoms with Gasteiger partial charge in [-0.2, -0.15) is 0 Å². The van der Waals surface area contributed by atoms with Crippen molar-refractivity contribution >= 4 is 17.7 Å². The van der Waals surface area contributed by atoms with Gasteiger partial charge >= 0.3 is 6.09 Å². The van der Waals surface area contributed by atoms with Crippen LogP contribution in [-0.4, -0.2) is 54.5 Å². The Morgan fingerprint density at radius 2 is 2.00 bits per heavy atom. The number of primary amides is 1. The van der Waals surface area contributed by atoms with Gasteiger partial charge < -0.3 is 25.2 Å². The number of hydrogen-bond acceptors (Lipinski definition) is 5. The maximum Gasteiger partial charge on any atom is 0.404 e. The van der Waals surface area contributed by atoms with Crippen LogP contribution in [0.3, 0.4) is 0 Å². The van der Waals surface area contributed by atoms with E-state index >= 15 is 0 Å². The summed E-state index contributed by atoms with van der Waals surface area (Å²) in [6, 6.07) is 7.02. The van der Waals surface area contributed by atoms with Gasteiger partial charge in [0.05, 0.1) is 0 Å². The standard InChI is InChI=1S/C15H21ClN2O4/c16-11-1-3-13(4-2-11)21-10-12(19)9-18-7-5-14(6-8-18)22-15(17)20/h1-4,12,14,19H,5-10H2,(H2,17,20). The van der Waals surface area contributed by atoms with Crippen molar-refractivity contribution in [1.82, 2.24) is 4.90 Å². The summed E-state index contributed by atoms with van der Waals surface area (Å²) in [5, 5.41) is 10.7. The number of ether oxygens (including phenoxy) is 2. The highest BCUT2D eigenvalue weighted by Gasteiger charge is 2.23.